The maximum Gasteiger partial charge on any atom is 0.236 e. The molecule has 2 aromatic carbocycles. The zero-order chi connectivity index (χ0) is 22.0. The van der Waals surface area contributed by atoms with Gasteiger partial charge in [0.15, 0.2) is 0 Å². The molecule has 0 aromatic heterocycles. The molecule has 0 bridgehead atoms. The van der Waals surface area contributed by atoms with Gasteiger partial charge in [0.2, 0.25) is 5.91 Å². The Kier molecular flexibility index (Phi) is 6.63. The van der Waals surface area contributed by atoms with Crippen molar-refractivity contribution in [1.82, 2.24) is 14.7 Å². The summed E-state index contributed by atoms with van der Waals surface area (Å²) < 4.78 is 5.39. The Balaban J connectivity index is 1.37. The van der Waals surface area contributed by atoms with Crippen LogP contribution in [0.4, 0.5) is 0 Å². The molecule has 0 unspecified atom stereocenters. The van der Waals surface area contributed by atoms with Gasteiger partial charge >= 0.3 is 0 Å². The molecule has 0 atom stereocenters. The Morgan fingerprint density at radius 1 is 0.968 bits per heavy atom. The van der Waals surface area contributed by atoms with Gasteiger partial charge in [0.05, 0.1) is 13.7 Å². The summed E-state index contributed by atoms with van der Waals surface area (Å²) in [6.45, 7) is 12.5. The van der Waals surface area contributed by atoms with Crippen LogP contribution >= 0.6 is 0 Å². The number of carbonyl (C=O) groups is 1. The lowest BCUT2D eigenvalue weighted by atomic mass is 9.94. The number of carbonyl (C=O) groups excluding carboxylic acids is 1. The number of benzene rings is 2. The summed E-state index contributed by atoms with van der Waals surface area (Å²) in [7, 11) is 1.71. The minimum atomic E-state index is 0.275. The number of rotatable bonds is 5. The second-order valence-electron chi connectivity index (χ2n) is 9.14. The van der Waals surface area contributed by atoms with Crippen LogP contribution < -0.4 is 4.74 Å². The van der Waals surface area contributed by atoms with E-state index in [1.807, 2.05) is 11.0 Å². The van der Waals surface area contributed by atoms with Gasteiger partial charge < -0.3 is 9.64 Å². The topological polar surface area (TPSA) is 36.0 Å². The molecule has 2 aliphatic rings. The quantitative estimate of drug-likeness (QED) is 0.739. The molecule has 5 nitrogen and oxygen atoms in total. The van der Waals surface area contributed by atoms with Gasteiger partial charge in [-0.25, -0.2) is 0 Å². The van der Waals surface area contributed by atoms with Crippen LogP contribution in [-0.2, 0) is 17.8 Å². The highest BCUT2D eigenvalue weighted by Crippen LogP contribution is 2.29. The van der Waals surface area contributed by atoms with Crippen LogP contribution in [0.3, 0.4) is 0 Å². The summed E-state index contributed by atoms with van der Waals surface area (Å²) >= 11 is 0. The van der Waals surface area contributed by atoms with Crippen LogP contribution in [0, 0.1) is 6.92 Å². The first-order valence-electron chi connectivity index (χ1n) is 11.5. The van der Waals surface area contributed by atoms with E-state index in [9.17, 15) is 4.79 Å². The van der Waals surface area contributed by atoms with E-state index in [0.29, 0.717) is 12.6 Å². The number of nitrogens with zero attached hydrogens (tertiary/aromatic N) is 3. The van der Waals surface area contributed by atoms with Gasteiger partial charge in [-0.2, -0.15) is 0 Å². The van der Waals surface area contributed by atoms with Gasteiger partial charge in [-0.15, -0.1) is 0 Å². The minimum absolute atomic E-state index is 0.275. The highest BCUT2D eigenvalue weighted by Gasteiger charge is 2.25. The Hall–Kier alpha value is -2.37. The molecule has 0 spiro atoms. The summed E-state index contributed by atoms with van der Waals surface area (Å²) in [6, 6.07) is 13.7. The van der Waals surface area contributed by atoms with E-state index in [2.05, 4.69) is 60.9 Å². The summed E-state index contributed by atoms with van der Waals surface area (Å²) in [5, 5.41) is 0. The first-order valence-corrected chi connectivity index (χ1v) is 11.5. The first-order chi connectivity index (χ1) is 14.9. The third kappa shape index (κ3) is 4.94. The Morgan fingerprint density at radius 3 is 2.35 bits per heavy atom. The van der Waals surface area contributed by atoms with Crippen LogP contribution in [0.2, 0.25) is 0 Å². The summed E-state index contributed by atoms with van der Waals surface area (Å²) in [5.74, 6) is 1.20. The van der Waals surface area contributed by atoms with Crippen molar-refractivity contribution >= 4 is 5.91 Å². The van der Waals surface area contributed by atoms with Crippen molar-refractivity contribution in [2.75, 3.05) is 46.4 Å². The van der Waals surface area contributed by atoms with Crippen LogP contribution in [-0.4, -0.2) is 73.0 Å². The van der Waals surface area contributed by atoms with E-state index in [1.165, 1.54) is 22.3 Å². The van der Waals surface area contributed by atoms with Crippen molar-refractivity contribution in [2.45, 2.75) is 39.8 Å². The standard InChI is InChI=1S/C26H35N3O2/c1-19(2)28-11-13-29(14-12-28)26(30)18-27-10-9-23-16-22(5-6-24(23)17-27)21-7-8-25(31-4)20(3)15-21/h5-8,15-16,19H,9-14,17-18H2,1-4H3. The van der Waals surface area contributed by atoms with Crippen LogP contribution in [0.5, 0.6) is 5.75 Å². The molecule has 0 N–H and O–H groups in total. The number of piperazine rings is 1. The molecule has 166 valence electrons. The molecule has 1 amide bonds. The summed E-state index contributed by atoms with van der Waals surface area (Å²) in [5.41, 5.74) is 6.37. The van der Waals surface area contributed by atoms with E-state index >= 15 is 0 Å². The van der Waals surface area contributed by atoms with Gasteiger partial charge in [0, 0.05) is 45.3 Å². The predicted octanol–water partition coefficient (Wildman–Crippen LogP) is 3.58. The molecule has 1 saturated heterocycles. The second-order valence-corrected chi connectivity index (χ2v) is 9.14. The second kappa shape index (κ2) is 9.41. The highest BCUT2D eigenvalue weighted by molar-refractivity contribution is 5.78. The highest BCUT2D eigenvalue weighted by atomic mass is 16.5. The average Bonchev–Trinajstić information content (AvgIpc) is 2.78. The van der Waals surface area contributed by atoms with Crippen molar-refractivity contribution in [3.8, 4) is 16.9 Å². The molecule has 2 aromatic rings. The molecule has 5 heteroatoms. The van der Waals surface area contributed by atoms with Crippen molar-refractivity contribution < 1.29 is 9.53 Å². The third-order valence-electron chi connectivity index (χ3n) is 6.78. The fourth-order valence-corrected chi connectivity index (χ4v) is 4.76. The van der Waals surface area contributed by atoms with E-state index in [0.717, 1.165) is 57.0 Å². The molecule has 0 radical (unpaired) electrons. The molecule has 2 aliphatic heterocycles. The smallest absolute Gasteiger partial charge is 0.236 e. The molecule has 4 rings (SSSR count). The molecule has 0 aliphatic carbocycles. The number of amides is 1. The molecular weight excluding hydrogens is 386 g/mol. The van der Waals surface area contributed by atoms with Crippen LogP contribution in [0.15, 0.2) is 36.4 Å². The number of aryl methyl sites for hydroxylation is 1. The van der Waals surface area contributed by atoms with Crippen molar-refractivity contribution in [2.24, 2.45) is 0 Å². The largest absolute Gasteiger partial charge is 0.496 e. The molecule has 2 heterocycles. The number of hydrogen-bond donors (Lipinski definition) is 0. The molecule has 31 heavy (non-hydrogen) atoms. The van der Waals surface area contributed by atoms with Gasteiger partial charge in [-0.05, 0) is 67.1 Å². The van der Waals surface area contributed by atoms with Crippen LogP contribution in [0.1, 0.15) is 30.5 Å². The lowest BCUT2D eigenvalue weighted by Gasteiger charge is -2.38. The van der Waals surface area contributed by atoms with E-state index in [1.54, 1.807) is 7.11 Å². The molecular formula is C26H35N3O2. The zero-order valence-corrected chi connectivity index (χ0v) is 19.4. The lowest BCUT2D eigenvalue weighted by Crippen LogP contribution is -2.53. The lowest BCUT2D eigenvalue weighted by molar-refractivity contribution is -0.134. The normalized spacial score (nSPS) is 17.6. The van der Waals surface area contributed by atoms with Crippen molar-refractivity contribution in [1.29, 1.82) is 0 Å². The van der Waals surface area contributed by atoms with Gasteiger partial charge in [0.1, 0.15) is 5.75 Å². The fourth-order valence-electron chi connectivity index (χ4n) is 4.76. The van der Waals surface area contributed by atoms with Crippen LogP contribution in [0.25, 0.3) is 11.1 Å². The van der Waals surface area contributed by atoms with Gasteiger partial charge in [0.25, 0.3) is 0 Å². The fraction of sp³-hybridized carbons (Fsp3) is 0.500. The molecule has 0 saturated carbocycles. The zero-order valence-electron chi connectivity index (χ0n) is 19.4. The van der Waals surface area contributed by atoms with E-state index < -0.39 is 0 Å². The molecule has 1 fully saturated rings. The number of hydrogen-bond acceptors (Lipinski definition) is 4. The first kappa shape index (κ1) is 21.8. The van der Waals surface area contributed by atoms with Gasteiger partial charge in [-0.3, -0.25) is 14.6 Å². The monoisotopic (exact) mass is 421 g/mol. The number of ether oxygens (including phenoxy) is 1. The number of fused-ring (bicyclic) bond motifs is 1. The Bertz CT molecular complexity index is 932. The summed E-state index contributed by atoms with van der Waals surface area (Å²) in [6.07, 6.45) is 0.993. The van der Waals surface area contributed by atoms with Gasteiger partial charge in [-0.1, -0.05) is 24.3 Å². The third-order valence-corrected chi connectivity index (χ3v) is 6.78. The Morgan fingerprint density at radius 2 is 1.68 bits per heavy atom. The van der Waals surface area contributed by atoms with E-state index in [-0.39, 0.29) is 5.91 Å². The van der Waals surface area contributed by atoms with Crippen molar-refractivity contribution in [3.05, 3.63) is 53.1 Å². The maximum atomic E-state index is 12.8. The SMILES string of the molecule is COc1ccc(-c2ccc3c(c2)CCN(CC(=O)N2CCN(C(C)C)CC2)C3)cc1C. The summed E-state index contributed by atoms with van der Waals surface area (Å²) in [4.78, 5) is 19.6. The minimum Gasteiger partial charge on any atom is -0.496 e. The maximum absolute atomic E-state index is 12.8. The Labute approximate surface area is 186 Å². The average molecular weight is 422 g/mol. The predicted molar refractivity (Wildman–Crippen MR) is 125 cm³/mol. The number of methoxy groups -OCH3 is 1. The van der Waals surface area contributed by atoms with E-state index in [4.69, 9.17) is 4.74 Å². The van der Waals surface area contributed by atoms with Crippen molar-refractivity contribution in [3.63, 3.8) is 0 Å².